The van der Waals surface area contributed by atoms with Gasteiger partial charge in [-0.2, -0.15) is 0 Å². The first-order valence-corrected chi connectivity index (χ1v) is 5.21. The predicted octanol–water partition coefficient (Wildman–Crippen LogP) is 2.09. The van der Waals surface area contributed by atoms with E-state index in [0.717, 1.165) is 19.0 Å². The molecular weight excluding hydrogens is 135 g/mol. The first kappa shape index (κ1) is 7.30. The normalized spacial score (nSPS) is 43.6. The highest BCUT2D eigenvalue weighted by Gasteiger charge is 2.34. The van der Waals surface area contributed by atoms with Crippen molar-refractivity contribution in [3.63, 3.8) is 0 Å². The van der Waals surface area contributed by atoms with Crippen molar-refractivity contribution in [2.24, 2.45) is 0 Å². The Morgan fingerprint density at radius 1 is 1.67 bits per heavy atom. The van der Waals surface area contributed by atoms with Crippen LogP contribution in [-0.4, -0.2) is 18.9 Å². The molecule has 9 heavy (non-hydrogen) atoms. The van der Waals surface area contributed by atoms with Crippen LogP contribution in [0.1, 0.15) is 19.8 Å². The Morgan fingerprint density at radius 2 is 2.33 bits per heavy atom. The van der Waals surface area contributed by atoms with E-state index < -0.39 is 7.37 Å². The van der Waals surface area contributed by atoms with Crippen LogP contribution in [0.5, 0.6) is 0 Å². The number of rotatable bonds is 1. The topological polar surface area (TPSA) is 26.3 Å². The summed E-state index contributed by atoms with van der Waals surface area (Å²) in [4.78, 5) is 0. The van der Waals surface area contributed by atoms with Gasteiger partial charge in [0.25, 0.3) is 0 Å². The van der Waals surface area contributed by atoms with Crippen LogP contribution in [-0.2, 0) is 9.09 Å². The van der Waals surface area contributed by atoms with Crippen molar-refractivity contribution in [1.29, 1.82) is 0 Å². The fourth-order valence-corrected chi connectivity index (χ4v) is 3.48. The van der Waals surface area contributed by atoms with Gasteiger partial charge < -0.3 is 4.52 Å². The van der Waals surface area contributed by atoms with Crippen LogP contribution in [0.3, 0.4) is 0 Å². The Hall–Kier alpha value is 0.190. The monoisotopic (exact) mass is 148 g/mol. The molecular formula is C6H13O2P. The molecule has 1 rings (SSSR count). The molecule has 1 saturated heterocycles. The Balaban J connectivity index is 2.68. The van der Waals surface area contributed by atoms with Gasteiger partial charge in [-0.1, -0.05) is 6.92 Å². The SMILES string of the molecule is COP1(=O)CCCC1C. The average Bonchev–Trinajstić information content (AvgIpc) is 2.15. The van der Waals surface area contributed by atoms with E-state index in [0.29, 0.717) is 5.66 Å². The molecule has 54 valence electrons. The first-order valence-electron chi connectivity index (χ1n) is 3.33. The van der Waals surface area contributed by atoms with E-state index in [1.807, 2.05) is 6.92 Å². The van der Waals surface area contributed by atoms with E-state index in [9.17, 15) is 4.57 Å². The molecule has 0 saturated carbocycles. The van der Waals surface area contributed by atoms with E-state index >= 15 is 0 Å². The Kier molecular flexibility index (Phi) is 1.97. The summed E-state index contributed by atoms with van der Waals surface area (Å²) in [6.45, 7) is 2.01. The van der Waals surface area contributed by atoms with Gasteiger partial charge in [-0.15, -0.1) is 0 Å². The fourth-order valence-electron chi connectivity index (χ4n) is 1.30. The van der Waals surface area contributed by atoms with Crippen molar-refractivity contribution in [1.82, 2.24) is 0 Å². The Labute approximate surface area is 56.0 Å². The van der Waals surface area contributed by atoms with Gasteiger partial charge in [-0.3, -0.25) is 4.57 Å². The lowest BCUT2D eigenvalue weighted by Gasteiger charge is -2.12. The van der Waals surface area contributed by atoms with Gasteiger partial charge in [-0.25, -0.2) is 0 Å². The third kappa shape index (κ3) is 1.20. The Bertz CT molecular complexity index is 144. The van der Waals surface area contributed by atoms with Crippen molar-refractivity contribution in [3.8, 4) is 0 Å². The minimum absolute atomic E-state index is 0.308. The molecule has 3 heteroatoms. The van der Waals surface area contributed by atoms with Crippen LogP contribution < -0.4 is 0 Å². The molecule has 1 heterocycles. The molecule has 0 amide bonds. The molecule has 0 aromatic carbocycles. The second-order valence-corrected chi connectivity index (χ2v) is 5.77. The van der Waals surface area contributed by atoms with Crippen LogP contribution in [0.2, 0.25) is 0 Å². The van der Waals surface area contributed by atoms with Crippen LogP contribution in [0.15, 0.2) is 0 Å². The quantitative estimate of drug-likeness (QED) is 0.532. The standard InChI is InChI=1S/C6H13O2P/c1-6-4-3-5-9(6,7)8-2/h6H,3-5H2,1-2H3. The zero-order valence-electron chi connectivity index (χ0n) is 5.96. The minimum atomic E-state index is -2.14. The van der Waals surface area contributed by atoms with E-state index in [-0.39, 0.29) is 0 Å². The molecule has 0 N–H and O–H groups in total. The molecule has 2 atom stereocenters. The van der Waals surface area contributed by atoms with Gasteiger partial charge in [-0.05, 0) is 12.8 Å². The van der Waals surface area contributed by atoms with Crippen molar-refractivity contribution in [2.75, 3.05) is 13.3 Å². The van der Waals surface area contributed by atoms with Crippen molar-refractivity contribution >= 4 is 7.37 Å². The largest absolute Gasteiger partial charge is 0.332 e. The second-order valence-electron chi connectivity index (χ2n) is 2.62. The molecule has 0 spiro atoms. The number of hydrogen-bond donors (Lipinski definition) is 0. The summed E-state index contributed by atoms with van der Waals surface area (Å²) < 4.78 is 16.5. The highest BCUT2D eigenvalue weighted by Crippen LogP contribution is 2.57. The molecule has 0 aromatic heterocycles. The van der Waals surface area contributed by atoms with Crippen LogP contribution in [0.4, 0.5) is 0 Å². The van der Waals surface area contributed by atoms with E-state index in [4.69, 9.17) is 4.52 Å². The van der Waals surface area contributed by atoms with Crippen LogP contribution >= 0.6 is 7.37 Å². The summed E-state index contributed by atoms with van der Waals surface area (Å²) in [5, 5.41) is 0. The zero-order chi connectivity index (χ0) is 6.91. The van der Waals surface area contributed by atoms with Gasteiger partial charge in [0, 0.05) is 18.9 Å². The molecule has 0 bridgehead atoms. The van der Waals surface area contributed by atoms with E-state index in [1.54, 1.807) is 7.11 Å². The lowest BCUT2D eigenvalue weighted by atomic mass is 10.3. The summed E-state index contributed by atoms with van der Waals surface area (Å²) in [6, 6.07) is 0. The molecule has 2 unspecified atom stereocenters. The third-order valence-corrected chi connectivity index (χ3v) is 5.23. The van der Waals surface area contributed by atoms with Gasteiger partial charge >= 0.3 is 0 Å². The van der Waals surface area contributed by atoms with Gasteiger partial charge in [0.05, 0.1) is 0 Å². The second kappa shape index (κ2) is 2.43. The smallest absolute Gasteiger partial charge is 0.205 e. The predicted molar refractivity (Wildman–Crippen MR) is 38.2 cm³/mol. The summed E-state index contributed by atoms with van der Waals surface area (Å²) in [5.74, 6) is 0. The lowest BCUT2D eigenvalue weighted by molar-refractivity contribution is 0.392. The molecule has 1 aliphatic rings. The summed E-state index contributed by atoms with van der Waals surface area (Å²) in [5.41, 5.74) is 0.308. The van der Waals surface area contributed by atoms with Gasteiger partial charge in [0.2, 0.25) is 7.37 Å². The van der Waals surface area contributed by atoms with Crippen molar-refractivity contribution < 1.29 is 9.09 Å². The van der Waals surface area contributed by atoms with Crippen LogP contribution in [0, 0.1) is 0 Å². The molecule has 1 aliphatic heterocycles. The summed E-state index contributed by atoms with van der Waals surface area (Å²) in [6.07, 6.45) is 2.95. The maximum absolute atomic E-state index is 11.5. The fraction of sp³-hybridized carbons (Fsp3) is 1.00. The maximum Gasteiger partial charge on any atom is 0.205 e. The highest BCUT2D eigenvalue weighted by molar-refractivity contribution is 7.60. The third-order valence-electron chi connectivity index (χ3n) is 2.07. The van der Waals surface area contributed by atoms with E-state index in [1.165, 1.54) is 0 Å². The molecule has 0 radical (unpaired) electrons. The molecule has 0 aliphatic carbocycles. The molecule has 2 nitrogen and oxygen atoms in total. The number of hydrogen-bond acceptors (Lipinski definition) is 2. The highest BCUT2D eigenvalue weighted by atomic mass is 31.2. The molecule has 1 fully saturated rings. The van der Waals surface area contributed by atoms with E-state index in [2.05, 4.69) is 0 Å². The van der Waals surface area contributed by atoms with Crippen molar-refractivity contribution in [3.05, 3.63) is 0 Å². The minimum Gasteiger partial charge on any atom is -0.332 e. The summed E-state index contributed by atoms with van der Waals surface area (Å²) >= 11 is 0. The maximum atomic E-state index is 11.5. The Morgan fingerprint density at radius 3 is 2.56 bits per heavy atom. The lowest BCUT2D eigenvalue weighted by Crippen LogP contribution is -1.96. The first-order chi connectivity index (χ1) is 4.19. The van der Waals surface area contributed by atoms with Crippen LogP contribution in [0.25, 0.3) is 0 Å². The molecule has 0 aromatic rings. The van der Waals surface area contributed by atoms with Gasteiger partial charge in [0.15, 0.2) is 0 Å². The summed E-state index contributed by atoms with van der Waals surface area (Å²) in [7, 11) is -0.584. The van der Waals surface area contributed by atoms with Crippen molar-refractivity contribution in [2.45, 2.75) is 25.4 Å². The average molecular weight is 148 g/mol. The van der Waals surface area contributed by atoms with Gasteiger partial charge in [0.1, 0.15) is 0 Å². The zero-order valence-corrected chi connectivity index (χ0v) is 6.86.